The SMILES string of the molecule is CCCc1cc(C(=O)NC(C)c2nccs2)cc(NN)n1. The monoisotopic (exact) mass is 305 g/mol. The molecule has 0 fully saturated rings. The minimum atomic E-state index is -0.158. The van der Waals surface area contributed by atoms with Gasteiger partial charge in [-0.2, -0.15) is 0 Å². The highest BCUT2D eigenvalue weighted by Crippen LogP contribution is 2.17. The largest absolute Gasteiger partial charge is 0.343 e. The van der Waals surface area contributed by atoms with Gasteiger partial charge in [0.25, 0.3) is 5.91 Å². The van der Waals surface area contributed by atoms with Crippen LogP contribution in [0.25, 0.3) is 0 Å². The van der Waals surface area contributed by atoms with E-state index in [1.54, 1.807) is 18.3 Å². The number of nitrogens with one attached hydrogen (secondary N) is 2. The van der Waals surface area contributed by atoms with Crippen molar-refractivity contribution in [3.05, 3.63) is 40.0 Å². The van der Waals surface area contributed by atoms with E-state index in [1.807, 2.05) is 12.3 Å². The highest BCUT2D eigenvalue weighted by atomic mass is 32.1. The zero-order valence-electron chi connectivity index (χ0n) is 12.1. The lowest BCUT2D eigenvalue weighted by Gasteiger charge is -2.13. The molecule has 21 heavy (non-hydrogen) atoms. The summed E-state index contributed by atoms with van der Waals surface area (Å²) in [7, 11) is 0. The molecule has 0 spiro atoms. The van der Waals surface area contributed by atoms with Crippen molar-refractivity contribution in [2.75, 3.05) is 5.43 Å². The zero-order valence-corrected chi connectivity index (χ0v) is 12.9. The zero-order chi connectivity index (χ0) is 15.2. The fourth-order valence-electron chi connectivity index (χ4n) is 1.97. The Morgan fingerprint density at radius 1 is 1.48 bits per heavy atom. The summed E-state index contributed by atoms with van der Waals surface area (Å²) in [6.07, 6.45) is 3.49. The molecule has 2 heterocycles. The predicted octanol–water partition coefficient (Wildman–Crippen LogP) is 2.27. The van der Waals surface area contributed by atoms with Crippen molar-refractivity contribution < 1.29 is 4.79 Å². The number of thiazole rings is 1. The maximum Gasteiger partial charge on any atom is 0.252 e. The standard InChI is InChI=1S/C14H19N5OS/c1-3-4-11-7-10(8-12(18-11)19-15)13(20)17-9(2)14-16-5-6-21-14/h5-9H,3-4,15H2,1-2H3,(H,17,20)(H,18,19). The molecule has 6 nitrogen and oxygen atoms in total. The molecule has 4 N–H and O–H groups in total. The van der Waals surface area contributed by atoms with Crippen LogP contribution in [0, 0.1) is 0 Å². The van der Waals surface area contributed by atoms with E-state index in [9.17, 15) is 4.79 Å². The Kier molecular flexibility index (Phi) is 5.24. The van der Waals surface area contributed by atoms with Crippen LogP contribution < -0.4 is 16.6 Å². The summed E-state index contributed by atoms with van der Waals surface area (Å²) >= 11 is 1.52. The third-order valence-electron chi connectivity index (χ3n) is 2.96. The van der Waals surface area contributed by atoms with Gasteiger partial charge in [0, 0.05) is 22.8 Å². The number of pyridine rings is 1. The average Bonchev–Trinajstić information content (AvgIpc) is 3.01. The van der Waals surface area contributed by atoms with Gasteiger partial charge in [0.1, 0.15) is 10.8 Å². The first-order valence-electron chi connectivity index (χ1n) is 6.82. The average molecular weight is 305 g/mol. The van der Waals surface area contributed by atoms with E-state index in [0.29, 0.717) is 11.4 Å². The number of nitrogen functional groups attached to an aromatic ring is 1. The molecule has 2 aromatic heterocycles. The van der Waals surface area contributed by atoms with E-state index in [2.05, 4.69) is 27.6 Å². The van der Waals surface area contributed by atoms with Crippen molar-refractivity contribution in [3.8, 4) is 0 Å². The summed E-state index contributed by atoms with van der Waals surface area (Å²) in [5, 5.41) is 5.70. The highest BCUT2D eigenvalue weighted by molar-refractivity contribution is 7.09. The molecular formula is C14H19N5OS. The molecule has 0 saturated carbocycles. The number of hydrogen-bond acceptors (Lipinski definition) is 6. The number of aromatic nitrogens is 2. The van der Waals surface area contributed by atoms with Crippen LogP contribution in [0.1, 0.15) is 47.4 Å². The summed E-state index contributed by atoms with van der Waals surface area (Å²) in [6, 6.07) is 3.31. The van der Waals surface area contributed by atoms with Crippen LogP contribution in [0.15, 0.2) is 23.7 Å². The normalized spacial score (nSPS) is 12.0. The van der Waals surface area contributed by atoms with E-state index in [1.165, 1.54) is 11.3 Å². The molecule has 1 unspecified atom stereocenters. The molecule has 0 radical (unpaired) electrons. The second-order valence-electron chi connectivity index (χ2n) is 4.69. The molecule has 1 amide bonds. The number of anilines is 1. The van der Waals surface area contributed by atoms with Crippen molar-refractivity contribution in [1.29, 1.82) is 0 Å². The highest BCUT2D eigenvalue weighted by Gasteiger charge is 2.15. The summed E-state index contributed by atoms with van der Waals surface area (Å²) in [4.78, 5) is 20.9. The van der Waals surface area contributed by atoms with Gasteiger partial charge in [-0.05, 0) is 25.5 Å². The molecule has 2 rings (SSSR count). The lowest BCUT2D eigenvalue weighted by atomic mass is 10.1. The number of aryl methyl sites for hydroxylation is 1. The molecule has 7 heteroatoms. The van der Waals surface area contributed by atoms with Crippen molar-refractivity contribution in [2.24, 2.45) is 5.84 Å². The van der Waals surface area contributed by atoms with E-state index < -0.39 is 0 Å². The topological polar surface area (TPSA) is 92.9 Å². The van der Waals surface area contributed by atoms with Crippen LogP contribution in [-0.2, 0) is 6.42 Å². The van der Waals surface area contributed by atoms with Gasteiger partial charge in [-0.3, -0.25) is 4.79 Å². The smallest absolute Gasteiger partial charge is 0.252 e. The molecule has 0 aromatic carbocycles. The van der Waals surface area contributed by atoms with Crippen molar-refractivity contribution >= 4 is 23.1 Å². The Morgan fingerprint density at radius 3 is 2.90 bits per heavy atom. The van der Waals surface area contributed by atoms with Gasteiger partial charge in [0.15, 0.2) is 0 Å². The number of nitrogens with two attached hydrogens (primary N) is 1. The van der Waals surface area contributed by atoms with Gasteiger partial charge in [-0.25, -0.2) is 15.8 Å². The number of rotatable bonds is 6. The Bertz CT molecular complexity index is 599. The molecule has 112 valence electrons. The van der Waals surface area contributed by atoms with Gasteiger partial charge >= 0.3 is 0 Å². The summed E-state index contributed by atoms with van der Waals surface area (Å²) in [5.41, 5.74) is 3.89. The van der Waals surface area contributed by atoms with Crippen LogP contribution in [0.2, 0.25) is 0 Å². The first kappa shape index (κ1) is 15.4. The Labute approximate surface area is 127 Å². The van der Waals surface area contributed by atoms with E-state index in [0.717, 1.165) is 23.5 Å². The van der Waals surface area contributed by atoms with Crippen LogP contribution >= 0.6 is 11.3 Å². The lowest BCUT2D eigenvalue weighted by Crippen LogP contribution is -2.27. The first-order valence-corrected chi connectivity index (χ1v) is 7.69. The van der Waals surface area contributed by atoms with E-state index in [4.69, 9.17) is 5.84 Å². The Balaban J connectivity index is 2.16. The van der Waals surface area contributed by atoms with Gasteiger partial charge in [-0.1, -0.05) is 13.3 Å². The summed E-state index contributed by atoms with van der Waals surface area (Å²) in [6.45, 7) is 3.97. The van der Waals surface area contributed by atoms with Gasteiger partial charge in [0.05, 0.1) is 6.04 Å². The fraction of sp³-hybridized carbons (Fsp3) is 0.357. The van der Waals surface area contributed by atoms with E-state index >= 15 is 0 Å². The number of amides is 1. The van der Waals surface area contributed by atoms with Gasteiger partial charge in [-0.15, -0.1) is 11.3 Å². The van der Waals surface area contributed by atoms with Crippen molar-refractivity contribution in [2.45, 2.75) is 32.7 Å². The molecular weight excluding hydrogens is 286 g/mol. The molecule has 0 aliphatic rings. The second-order valence-corrected chi connectivity index (χ2v) is 5.62. The molecule has 0 aliphatic carbocycles. The summed E-state index contributed by atoms with van der Waals surface area (Å²) in [5.74, 6) is 5.74. The second kappa shape index (κ2) is 7.14. The molecule has 0 aliphatic heterocycles. The fourth-order valence-corrected chi connectivity index (χ4v) is 2.61. The number of carbonyl (C=O) groups excluding carboxylic acids is 1. The van der Waals surface area contributed by atoms with Crippen molar-refractivity contribution in [3.63, 3.8) is 0 Å². The predicted molar refractivity (Wildman–Crippen MR) is 84.0 cm³/mol. The molecule has 2 aromatic rings. The third-order valence-corrected chi connectivity index (χ3v) is 3.92. The number of hydrazine groups is 1. The lowest BCUT2D eigenvalue weighted by molar-refractivity contribution is 0.0939. The Hall–Kier alpha value is -1.99. The first-order chi connectivity index (χ1) is 10.1. The van der Waals surface area contributed by atoms with Crippen LogP contribution in [0.3, 0.4) is 0 Å². The van der Waals surface area contributed by atoms with E-state index in [-0.39, 0.29) is 11.9 Å². The number of hydrogen-bond donors (Lipinski definition) is 3. The maximum atomic E-state index is 12.3. The quantitative estimate of drug-likeness (QED) is 0.562. The number of nitrogens with zero attached hydrogens (tertiary/aromatic N) is 2. The van der Waals surface area contributed by atoms with Crippen LogP contribution in [0.4, 0.5) is 5.82 Å². The van der Waals surface area contributed by atoms with Crippen LogP contribution in [-0.4, -0.2) is 15.9 Å². The van der Waals surface area contributed by atoms with Gasteiger partial charge in [0.2, 0.25) is 0 Å². The minimum Gasteiger partial charge on any atom is -0.343 e. The summed E-state index contributed by atoms with van der Waals surface area (Å²) < 4.78 is 0. The molecule has 0 saturated heterocycles. The maximum absolute atomic E-state index is 12.3. The Morgan fingerprint density at radius 2 is 2.29 bits per heavy atom. The van der Waals surface area contributed by atoms with Crippen molar-refractivity contribution in [1.82, 2.24) is 15.3 Å². The molecule has 1 atom stereocenters. The van der Waals surface area contributed by atoms with Crippen LogP contribution in [0.5, 0.6) is 0 Å². The third kappa shape index (κ3) is 3.99. The molecule has 0 bridgehead atoms. The van der Waals surface area contributed by atoms with Gasteiger partial charge < -0.3 is 10.7 Å². The minimum absolute atomic E-state index is 0.130. The number of carbonyl (C=O) groups is 1.